The second kappa shape index (κ2) is 9.84. The molecule has 0 aromatic heterocycles. The van der Waals surface area contributed by atoms with Gasteiger partial charge in [0.2, 0.25) is 5.75 Å². The molecule has 0 aliphatic carbocycles. The molecule has 0 atom stereocenters. The van der Waals surface area contributed by atoms with Crippen LogP contribution in [0.3, 0.4) is 0 Å². The van der Waals surface area contributed by atoms with Crippen molar-refractivity contribution in [2.75, 3.05) is 35.4 Å². The Balaban J connectivity index is 2.53. The highest BCUT2D eigenvalue weighted by Gasteiger charge is 2.20. The standard InChI is InChI=1S/C21H23ClN2O5/c1-24(2)21(26)16(23-20(25)14-8-6-7-9-15(14)22)12-13-10-11-17(27-3)19(29-5)18(13)28-4/h6-12H,1-5H3,(H,23,25)/b16-12-. The molecule has 154 valence electrons. The van der Waals surface area contributed by atoms with Crippen LogP contribution >= 0.6 is 11.6 Å². The molecule has 29 heavy (non-hydrogen) atoms. The van der Waals surface area contributed by atoms with Gasteiger partial charge in [0, 0.05) is 19.7 Å². The first-order valence-electron chi connectivity index (χ1n) is 8.62. The van der Waals surface area contributed by atoms with Gasteiger partial charge in [0.05, 0.1) is 31.9 Å². The fourth-order valence-electron chi connectivity index (χ4n) is 2.62. The molecule has 0 bridgehead atoms. The molecule has 8 heteroatoms. The number of nitrogens with zero attached hydrogens (tertiary/aromatic N) is 1. The number of nitrogens with one attached hydrogen (secondary N) is 1. The normalized spacial score (nSPS) is 10.9. The van der Waals surface area contributed by atoms with Gasteiger partial charge in [-0.05, 0) is 30.3 Å². The van der Waals surface area contributed by atoms with Gasteiger partial charge < -0.3 is 24.4 Å². The Kier molecular flexibility index (Phi) is 7.50. The summed E-state index contributed by atoms with van der Waals surface area (Å²) in [5.74, 6) is 0.307. The van der Waals surface area contributed by atoms with Crippen LogP contribution in [0.5, 0.6) is 17.2 Å². The highest BCUT2D eigenvalue weighted by molar-refractivity contribution is 6.34. The van der Waals surface area contributed by atoms with E-state index in [1.165, 1.54) is 32.3 Å². The van der Waals surface area contributed by atoms with E-state index in [9.17, 15) is 9.59 Å². The van der Waals surface area contributed by atoms with E-state index in [0.717, 1.165) is 0 Å². The zero-order chi connectivity index (χ0) is 21.6. The summed E-state index contributed by atoms with van der Waals surface area (Å²) in [5, 5.41) is 2.92. The quantitative estimate of drug-likeness (QED) is 0.698. The van der Waals surface area contributed by atoms with E-state index in [-0.39, 0.29) is 16.3 Å². The van der Waals surface area contributed by atoms with Crippen LogP contribution in [0.2, 0.25) is 5.02 Å². The summed E-state index contributed by atoms with van der Waals surface area (Å²) in [6, 6.07) is 9.97. The lowest BCUT2D eigenvalue weighted by Gasteiger charge is -2.17. The first-order valence-corrected chi connectivity index (χ1v) is 9.00. The van der Waals surface area contributed by atoms with Crippen LogP contribution in [0.4, 0.5) is 0 Å². The fourth-order valence-corrected chi connectivity index (χ4v) is 2.84. The number of carbonyl (C=O) groups excluding carboxylic acids is 2. The summed E-state index contributed by atoms with van der Waals surface area (Å²) < 4.78 is 16.1. The number of ether oxygens (including phenoxy) is 3. The minimum Gasteiger partial charge on any atom is -0.493 e. The zero-order valence-electron chi connectivity index (χ0n) is 16.9. The van der Waals surface area contributed by atoms with Gasteiger partial charge in [-0.15, -0.1) is 0 Å². The number of hydrogen-bond donors (Lipinski definition) is 1. The average Bonchev–Trinajstić information content (AvgIpc) is 2.72. The maximum absolute atomic E-state index is 12.7. The second-order valence-electron chi connectivity index (χ2n) is 6.12. The number of rotatable bonds is 7. The molecule has 1 N–H and O–H groups in total. The molecule has 2 aromatic carbocycles. The van der Waals surface area contributed by atoms with Crippen LogP contribution in [0.15, 0.2) is 42.1 Å². The summed E-state index contributed by atoms with van der Waals surface area (Å²) in [6.45, 7) is 0. The summed E-state index contributed by atoms with van der Waals surface area (Å²) >= 11 is 6.10. The van der Waals surface area contributed by atoms with E-state index in [2.05, 4.69) is 5.32 Å². The topological polar surface area (TPSA) is 77.1 Å². The second-order valence-corrected chi connectivity index (χ2v) is 6.52. The Hall–Kier alpha value is -3.19. The summed E-state index contributed by atoms with van der Waals surface area (Å²) in [6.07, 6.45) is 1.51. The van der Waals surface area contributed by atoms with Gasteiger partial charge in [-0.25, -0.2) is 0 Å². The van der Waals surface area contributed by atoms with E-state index >= 15 is 0 Å². The Morgan fingerprint density at radius 3 is 2.17 bits per heavy atom. The molecule has 0 radical (unpaired) electrons. The van der Waals surface area contributed by atoms with Gasteiger partial charge >= 0.3 is 0 Å². The molecular weight excluding hydrogens is 396 g/mol. The average molecular weight is 419 g/mol. The number of likely N-dealkylation sites (N-methyl/N-ethyl adjacent to an activating group) is 1. The van der Waals surface area contributed by atoms with E-state index in [1.807, 2.05) is 0 Å². The molecule has 0 unspecified atom stereocenters. The van der Waals surface area contributed by atoms with Crippen molar-refractivity contribution in [1.29, 1.82) is 0 Å². The molecule has 2 amide bonds. The Morgan fingerprint density at radius 2 is 1.62 bits per heavy atom. The Labute approximate surface area is 174 Å². The monoisotopic (exact) mass is 418 g/mol. The SMILES string of the molecule is COc1ccc(/C=C(\NC(=O)c2ccccc2Cl)C(=O)N(C)C)c(OC)c1OC. The molecule has 2 rings (SSSR count). The van der Waals surface area contributed by atoms with Crippen LogP contribution in [0, 0.1) is 0 Å². The predicted octanol–water partition coefficient (Wildman–Crippen LogP) is 3.22. The maximum Gasteiger partial charge on any atom is 0.269 e. The molecule has 7 nitrogen and oxygen atoms in total. The molecule has 0 fully saturated rings. The molecule has 0 saturated carbocycles. The predicted molar refractivity (Wildman–Crippen MR) is 112 cm³/mol. The highest BCUT2D eigenvalue weighted by atomic mass is 35.5. The highest BCUT2D eigenvalue weighted by Crippen LogP contribution is 2.40. The van der Waals surface area contributed by atoms with Crippen molar-refractivity contribution in [2.45, 2.75) is 0 Å². The van der Waals surface area contributed by atoms with Crippen LogP contribution in [0.1, 0.15) is 15.9 Å². The summed E-state index contributed by atoms with van der Waals surface area (Å²) in [4.78, 5) is 26.7. The number of benzene rings is 2. The number of amides is 2. The van der Waals surface area contributed by atoms with Crippen LogP contribution in [-0.2, 0) is 4.79 Å². The van der Waals surface area contributed by atoms with Crippen molar-refractivity contribution >= 4 is 29.5 Å². The minimum atomic E-state index is -0.503. The van der Waals surface area contributed by atoms with Crippen molar-refractivity contribution in [1.82, 2.24) is 10.2 Å². The smallest absolute Gasteiger partial charge is 0.269 e. The number of hydrogen-bond acceptors (Lipinski definition) is 5. The van der Waals surface area contributed by atoms with Crippen LogP contribution < -0.4 is 19.5 Å². The number of methoxy groups -OCH3 is 3. The molecule has 0 heterocycles. The zero-order valence-corrected chi connectivity index (χ0v) is 17.7. The van der Waals surface area contributed by atoms with Gasteiger partial charge in [0.15, 0.2) is 11.5 Å². The molecule has 0 saturated heterocycles. The van der Waals surface area contributed by atoms with Crippen LogP contribution in [-0.4, -0.2) is 52.1 Å². The van der Waals surface area contributed by atoms with E-state index in [4.69, 9.17) is 25.8 Å². The lowest BCUT2D eigenvalue weighted by molar-refractivity contribution is -0.124. The lowest BCUT2D eigenvalue weighted by atomic mass is 10.1. The summed E-state index contributed by atoms with van der Waals surface area (Å²) in [7, 11) is 7.65. The third-order valence-corrected chi connectivity index (χ3v) is 4.37. The number of halogens is 1. The third-order valence-electron chi connectivity index (χ3n) is 4.04. The van der Waals surface area contributed by atoms with Gasteiger partial charge in [-0.1, -0.05) is 23.7 Å². The van der Waals surface area contributed by atoms with Crippen molar-refractivity contribution in [3.63, 3.8) is 0 Å². The lowest BCUT2D eigenvalue weighted by Crippen LogP contribution is -2.34. The minimum absolute atomic E-state index is 0.0467. The van der Waals surface area contributed by atoms with Gasteiger partial charge in [-0.3, -0.25) is 9.59 Å². The largest absolute Gasteiger partial charge is 0.493 e. The summed E-state index contributed by atoms with van der Waals surface area (Å²) in [5.41, 5.74) is 0.825. The Bertz CT molecular complexity index is 941. The molecular formula is C21H23ClN2O5. The third kappa shape index (κ3) is 5.00. The van der Waals surface area contributed by atoms with Crippen molar-refractivity contribution < 1.29 is 23.8 Å². The van der Waals surface area contributed by atoms with Crippen LogP contribution in [0.25, 0.3) is 6.08 Å². The van der Waals surface area contributed by atoms with Gasteiger partial charge in [0.25, 0.3) is 11.8 Å². The van der Waals surface area contributed by atoms with Crippen molar-refractivity contribution in [2.24, 2.45) is 0 Å². The molecule has 0 spiro atoms. The van der Waals surface area contributed by atoms with E-state index in [0.29, 0.717) is 22.8 Å². The van der Waals surface area contributed by atoms with Gasteiger partial charge in [-0.2, -0.15) is 0 Å². The van der Waals surface area contributed by atoms with E-state index < -0.39 is 11.8 Å². The maximum atomic E-state index is 12.7. The van der Waals surface area contributed by atoms with Crippen molar-refractivity contribution in [3.8, 4) is 17.2 Å². The Morgan fingerprint density at radius 1 is 0.966 bits per heavy atom. The molecule has 2 aromatic rings. The number of carbonyl (C=O) groups is 2. The first-order chi connectivity index (χ1) is 13.8. The first kappa shape index (κ1) is 22.1. The fraction of sp³-hybridized carbons (Fsp3) is 0.238. The molecule has 0 aliphatic heterocycles. The molecule has 0 aliphatic rings. The van der Waals surface area contributed by atoms with E-state index in [1.54, 1.807) is 50.5 Å². The van der Waals surface area contributed by atoms with Crippen molar-refractivity contribution in [3.05, 3.63) is 58.2 Å². The van der Waals surface area contributed by atoms with Gasteiger partial charge in [0.1, 0.15) is 5.70 Å².